The summed E-state index contributed by atoms with van der Waals surface area (Å²) in [5.41, 5.74) is 0.750. The number of aromatic nitrogens is 4. The fraction of sp³-hybridized carbons (Fsp3) is 0.583. The van der Waals surface area contributed by atoms with Crippen molar-refractivity contribution >= 4 is 11.7 Å². The number of carboxylic acid groups (broad SMARTS) is 1. The highest BCUT2D eigenvalue weighted by Gasteiger charge is 2.20. The van der Waals surface area contributed by atoms with E-state index in [0.29, 0.717) is 18.1 Å². The molecule has 0 aromatic carbocycles. The van der Waals surface area contributed by atoms with E-state index in [1.165, 1.54) is 0 Å². The number of ether oxygens (including phenoxy) is 1. The molecule has 7 heteroatoms. The van der Waals surface area contributed by atoms with E-state index in [9.17, 15) is 4.79 Å². The van der Waals surface area contributed by atoms with Gasteiger partial charge < -0.3 is 9.84 Å². The highest BCUT2D eigenvalue weighted by molar-refractivity contribution is 5.67. The Morgan fingerprint density at radius 1 is 1.47 bits per heavy atom. The minimum absolute atomic E-state index is 0.0903. The molecular weight excluding hydrogens is 248 g/mol. The zero-order chi connectivity index (χ0) is 13.2. The molecule has 1 fully saturated rings. The summed E-state index contributed by atoms with van der Waals surface area (Å²) < 4.78 is 7.10. The Hall–Kier alpha value is -1.89. The molecule has 1 saturated heterocycles. The smallest absolute Gasteiger partial charge is 0.303 e. The fourth-order valence-electron chi connectivity index (χ4n) is 2.34. The summed E-state index contributed by atoms with van der Waals surface area (Å²) >= 11 is 0. The van der Waals surface area contributed by atoms with E-state index < -0.39 is 5.97 Å². The zero-order valence-corrected chi connectivity index (χ0v) is 10.5. The molecule has 1 aliphatic heterocycles. The normalized spacial score (nSPS) is 17.1. The molecule has 0 atom stereocenters. The van der Waals surface area contributed by atoms with Crippen LogP contribution < -0.4 is 0 Å². The van der Waals surface area contributed by atoms with Crippen LogP contribution in [0.3, 0.4) is 0 Å². The van der Waals surface area contributed by atoms with Crippen LogP contribution in [0.1, 0.15) is 36.7 Å². The van der Waals surface area contributed by atoms with Crippen molar-refractivity contribution < 1.29 is 14.6 Å². The van der Waals surface area contributed by atoms with Gasteiger partial charge in [-0.1, -0.05) is 0 Å². The SMILES string of the molecule is O=C(O)CCc1cn2[nH]c(C3CCOCC3)nc2n1. The Morgan fingerprint density at radius 2 is 2.26 bits per heavy atom. The van der Waals surface area contributed by atoms with Crippen LogP contribution in [-0.2, 0) is 16.0 Å². The summed E-state index contributed by atoms with van der Waals surface area (Å²) in [6.07, 6.45) is 4.28. The van der Waals surface area contributed by atoms with Crippen molar-refractivity contribution in [1.82, 2.24) is 19.6 Å². The van der Waals surface area contributed by atoms with Gasteiger partial charge in [0.25, 0.3) is 5.78 Å². The lowest BCUT2D eigenvalue weighted by atomic mass is 10.00. The number of aromatic amines is 1. The van der Waals surface area contributed by atoms with Crippen molar-refractivity contribution in [3.8, 4) is 0 Å². The van der Waals surface area contributed by atoms with E-state index in [0.717, 1.165) is 37.6 Å². The molecule has 0 aliphatic carbocycles. The van der Waals surface area contributed by atoms with Crippen LogP contribution >= 0.6 is 0 Å². The third-order valence-corrected chi connectivity index (χ3v) is 3.40. The Bertz CT molecular complexity index is 551. The molecule has 7 nitrogen and oxygen atoms in total. The largest absolute Gasteiger partial charge is 0.481 e. The molecule has 1 aliphatic rings. The van der Waals surface area contributed by atoms with Gasteiger partial charge in [-0.25, -0.2) is 9.50 Å². The number of nitrogens with one attached hydrogen (secondary N) is 1. The molecule has 0 bridgehead atoms. The minimum atomic E-state index is -0.812. The lowest BCUT2D eigenvalue weighted by molar-refractivity contribution is -0.136. The number of imidazole rings is 1. The van der Waals surface area contributed by atoms with Crippen LogP contribution in [-0.4, -0.2) is 43.9 Å². The van der Waals surface area contributed by atoms with Crippen molar-refractivity contribution in [2.24, 2.45) is 0 Å². The van der Waals surface area contributed by atoms with Crippen molar-refractivity contribution in [2.45, 2.75) is 31.6 Å². The van der Waals surface area contributed by atoms with Gasteiger partial charge in [0.1, 0.15) is 5.82 Å². The van der Waals surface area contributed by atoms with Crippen molar-refractivity contribution in [3.05, 3.63) is 17.7 Å². The number of nitrogens with zero attached hydrogens (tertiary/aromatic N) is 3. The van der Waals surface area contributed by atoms with E-state index in [-0.39, 0.29) is 6.42 Å². The second-order valence-electron chi connectivity index (χ2n) is 4.79. The molecule has 3 rings (SSSR count). The molecule has 19 heavy (non-hydrogen) atoms. The number of hydrogen-bond donors (Lipinski definition) is 2. The van der Waals surface area contributed by atoms with Gasteiger partial charge in [0, 0.05) is 25.6 Å². The van der Waals surface area contributed by atoms with Gasteiger partial charge >= 0.3 is 5.97 Å². The summed E-state index contributed by atoms with van der Waals surface area (Å²) in [5, 5.41) is 11.9. The molecule has 0 saturated carbocycles. The summed E-state index contributed by atoms with van der Waals surface area (Å²) in [7, 11) is 0. The van der Waals surface area contributed by atoms with Gasteiger partial charge in [-0.3, -0.25) is 9.89 Å². The average molecular weight is 264 g/mol. The fourth-order valence-corrected chi connectivity index (χ4v) is 2.34. The average Bonchev–Trinajstić information content (AvgIpc) is 2.95. The lowest BCUT2D eigenvalue weighted by Gasteiger charge is -2.19. The second kappa shape index (κ2) is 5.00. The predicted molar refractivity (Wildman–Crippen MR) is 66.1 cm³/mol. The Morgan fingerprint density at radius 3 is 2.95 bits per heavy atom. The van der Waals surface area contributed by atoms with E-state index >= 15 is 0 Å². The zero-order valence-electron chi connectivity index (χ0n) is 10.5. The topological polar surface area (TPSA) is 92.5 Å². The number of H-pyrrole nitrogens is 1. The third kappa shape index (κ3) is 2.60. The first-order valence-corrected chi connectivity index (χ1v) is 6.46. The molecular formula is C12H16N4O3. The molecule has 0 unspecified atom stereocenters. The lowest BCUT2D eigenvalue weighted by Crippen LogP contribution is -2.15. The summed E-state index contributed by atoms with van der Waals surface area (Å²) in [6, 6.07) is 0. The highest BCUT2D eigenvalue weighted by Crippen LogP contribution is 2.24. The first-order valence-electron chi connectivity index (χ1n) is 6.46. The van der Waals surface area contributed by atoms with Crippen LogP contribution in [0.25, 0.3) is 5.78 Å². The first-order chi connectivity index (χ1) is 9.22. The summed E-state index contributed by atoms with van der Waals surface area (Å²) in [4.78, 5) is 19.3. The standard InChI is InChI=1S/C12H16N4O3/c17-10(18)2-1-9-7-16-12(13-9)14-11(15-16)8-3-5-19-6-4-8/h7-8H,1-6H2,(H,17,18)(H,13,14,15). The van der Waals surface area contributed by atoms with Gasteiger partial charge in [-0.15, -0.1) is 0 Å². The minimum Gasteiger partial charge on any atom is -0.481 e. The van der Waals surface area contributed by atoms with Crippen LogP contribution in [0, 0.1) is 0 Å². The van der Waals surface area contributed by atoms with Crippen LogP contribution in [0.5, 0.6) is 0 Å². The van der Waals surface area contributed by atoms with Gasteiger partial charge in [0.2, 0.25) is 0 Å². The van der Waals surface area contributed by atoms with Gasteiger partial charge in [0.15, 0.2) is 0 Å². The quantitative estimate of drug-likeness (QED) is 0.858. The second-order valence-corrected chi connectivity index (χ2v) is 4.79. The van der Waals surface area contributed by atoms with E-state index in [2.05, 4.69) is 15.1 Å². The monoisotopic (exact) mass is 264 g/mol. The maximum atomic E-state index is 10.5. The number of aryl methyl sites for hydroxylation is 1. The number of aliphatic carboxylic acids is 1. The maximum absolute atomic E-state index is 10.5. The summed E-state index contributed by atoms with van der Waals surface area (Å²) in [6.45, 7) is 1.55. The van der Waals surface area contributed by atoms with Crippen molar-refractivity contribution in [2.75, 3.05) is 13.2 Å². The van der Waals surface area contributed by atoms with E-state index in [1.807, 2.05) is 6.20 Å². The Balaban J connectivity index is 1.75. The van der Waals surface area contributed by atoms with Gasteiger partial charge in [-0.2, -0.15) is 4.98 Å². The molecule has 2 aromatic rings. The number of carboxylic acids is 1. The number of carbonyl (C=O) groups is 1. The number of rotatable bonds is 4. The molecule has 102 valence electrons. The Labute approximate surface area is 109 Å². The van der Waals surface area contributed by atoms with Crippen molar-refractivity contribution in [1.29, 1.82) is 0 Å². The van der Waals surface area contributed by atoms with Gasteiger partial charge in [-0.05, 0) is 12.8 Å². The van der Waals surface area contributed by atoms with Gasteiger partial charge in [0.05, 0.1) is 18.3 Å². The van der Waals surface area contributed by atoms with E-state index in [4.69, 9.17) is 9.84 Å². The van der Waals surface area contributed by atoms with Crippen LogP contribution in [0.15, 0.2) is 6.20 Å². The van der Waals surface area contributed by atoms with Crippen LogP contribution in [0.4, 0.5) is 0 Å². The molecule has 2 aromatic heterocycles. The molecule has 0 spiro atoms. The third-order valence-electron chi connectivity index (χ3n) is 3.40. The van der Waals surface area contributed by atoms with Crippen molar-refractivity contribution in [3.63, 3.8) is 0 Å². The molecule has 2 N–H and O–H groups in total. The molecule has 0 amide bonds. The van der Waals surface area contributed by atoms with Crippen LogP contribution in [0.2, 0.25) is 0 Å². The summed E-state index contributed by atoms with van der Waals surface area (Å²) in [5.74, 6) is 1.14. The molecule has 3 heterocycles. The molecule has 0 radical (unpaired) electrons. The highest BCUT2D eigenvalue weighted by atomic mass is 16.5. The Kier molecular flexibility index (Phi) is 3.20. The first kappa shape index (κ1) is 12.2. The predicted octanol–water partition coefficient (Wildman–Crippen LogP) is 0.969. The van der Waals surface area contributed by atoms with E-state index in [1.54, 1.807) is 4.52 Å². The number of hydrogen-bond acceptors (Lipinski definition) is 4. The number of fused-ring (bicyclic) bond motifs is 1. The maximum Gasteiger partial charge on any atom is 0.303 e.